The van der Waals surface area contributed by atoms with E-state index in [4.69, 9.17) is 22.3 Å². The molecule has 0 aliphatic rings. The summed E-state index contributed by atoms with van der Waals surface area (Å²) >= 11 is 5.63. The fourth-order valence-corrected chi connectivity index (χ4v) is 2.03. The molecule has 2 rings (SSSR count). The van der Waals surface area contributed by atoms with Gasteiger partial charge < -0.3 is 0 Å². The zero-order valence-corrected chi connectivity index (χ0v) is 9.51. The molecule has 0 saturated heterocycles. The van der Waals surface area contributed by atoms with Crippen LogP contribution in [0.15, 0.2) is 29.3 Å². The first-order valence-electron chi connectivity index (χ1n) is 3.84. The van der Waals surface area contributed by atoms with Crippen molar-refractivity contribution in [3.63, 3.8) is 0 Å². The summed E-state index contributed by atoms with van der Waals surface area (Å²) in [6, 6.07) is 4.21. The summed E-state index contributed by atoms with van der Waals surface area (Å²) in [6.07, 6.45) is 1.34. The van der Waals surface area contributed by atoms with Crippen molar-refractivity contribution in [3.8, 4) is 0 Å². The van der Waals surface area contributed by atoms with E-state index in [-0.39, 0.29) is 10.0 Å². The lowest BCUT2D eigenvalue weighted by molar-refractivity contribution is 0.609. The molecule has 1 heterocycles. The number of rotatable bonds is 1. The summed E-state index contributed by atoms with van der Waals surface area (Å²) in [7, 11) is 1.46. The smallest absolute Gasteiger partial charge is 0.251 e. The van der Waals surface area contributed by atoms with Crippen molar-refractivity contribution in [3.05, 3.63) is 29.5 Å². The van der Waals surface area contributed by atoms with Crippen LogP contribution in [0.3, 0.4) is 0 Å². The molecule has 0 spiro atoms. The van der Waals surface area contributed by atoms with E-state index in [0.717, 1.165) is 0 Å². The molecular formula is C8H4Cl2N2O2S. The van der Waals surface area contributed by atoms with Gasteiger partial charge in [-0.25, -0.2) is 13.4 Å². The first-order chi connectivity index (χ1) is 6.97. The van der Waals surface area contributed by atoms with E-state index in [1.165, 1.54) is 24.4 Å². The zero-order valence-electron chi connectivity index (χ0n) is 7.18. The number of nitrogens with zero attached hydrogens (tertiary/aromatic N) is 2. The number of hydrogen-bond donors (Lipinski definition) is 0. The van der Waals surface area contributed by atoms with Gasteiger partial charge in [0.2, 0.25) is 0 Å². The second kappa shape index (κ2) is 3.59. The third kappa shape index (κ3) is 2.19. The number of fused-ring (bicyclic) bond motifs is 1. The summed E-state index contributed by atoms with van der Waals surface area (Å²) in [4.78, 5) is 7.90. The molecule has 0 amide bonds. The zero-order chi connectivity index (χ0) is 11.1. The highest BCUT2D eigenvalue weighted by molar-refractivity contribution is 8.13. The number of halogens is 2. The van der Waals surface area contributed by atoms with E-state index in [9.17, 15) is 8.42 Å². The summed E-state index contributed by atoms with van der Waals surface area (Å²) in [5.41, 5.74) is 0.952. The Kier molecular flexibility index (Phi) is 2.54. The van der Waals surface area contributed by atoms with Crippen LogP contribution in [0.25, 0.3) is 11.0 Å². The molecule has 7 heteroatoms. The molecule has 0 atom stereocenters. The van der Waals surface area contributed by atoms with E-state index in [2.05, 4.69) is 9.97 Å². The van der Waals surface area contributed by atoms with Gasteiger partial charge in [-0.1, -0.05) is 11.6 Å². The summed E-state index contributed by atoms with van der Waals surface area (Å²) in [5.74, 6) is 0. The number of hydrogen-bond acceptors (Lipinski definition) is 4. The predicted octanol–water partition coefficient (Wildman–Crippen LogP) is 2.21. The minimum atomic E-state index is -3.73. The van der Waals surface area contributed by atoms with E-state index < -0.39 is 9.05 Å². The van der Waals surface area contributed by atoms with Crippen molar-refractivity contribution in [2.45, 2.75) is 4.90 Å². The highest BCUT2D eigenvalue weighted by Gasteiger charge is 2.11. The molecule has 0 saturated carbocycles. The Hall–Kier alpha value is -0.910. The maximum Gasteiger partial charge on any atom is 0.261 e. The van der Waals surface area contributed by atoms with Crippen LogP contribution < -0.4 is 0 Å². The fourth-order valence-electron chi connectivity index (χ4n) is 1.12. The second-order valence-corrected chi connectivity index (χ2v) is 5.73. The van der Waals surface area contributed by atoms with Crippen LogP contribution in [-0.2, 0) is 9.05 Å². The van der Waals surface area contributed by atoms with Crippen LogP contribution >= 0.6 is 22.3 Å². The maximum atomic E-state index is 11.0. The van der Waals surface area contributed by atoms with Gasteiger partial charge in [0, 0.05) is 10.7 Å². The average Bonchev–Trinajstić information content (AvgIpc) is 2.15. The highest BCUT2D eigenvalue weighted by atomic mass is 35.7. The first-order valence-corrected chi connectivity index (χ1v) is 6.52. The Labute approximate surface area is 95.3 Å². The Morgan fingerprint density at radius 2 is 1.93 bits per heavy atom. The molecule has 1 aromatic heterocycles. The Balaban J connectivity index is 2.73. The van der Waals surface area contributed by atoms with Crippen LogP contribution in [-0.4, -0.2) is 18.4 Å². The van der Waals surface area contributed by atoms with E-state index >= 15 is 0 Å². The Bertz CT molecular complexity index is 628. The molecule has 4 nitrogen and oxygen atoms in total. The van der Waals surface area contributed by atoms with Gasteiger partial charge in [-0.3, -0.25) is 4.98 Å². The van der Waals surface area contributed by atoms with Crippen LogP contribution in [0.4, 0.5) is 0 Å². The van der Waals surface area contributed by atoms with Gasteiger partial charge in [-0.15, -0.1) is 0 Å². The number of benzene rings is 1. The van der Waals surface area contributed by atoms with E-state index in [1.807, 2.05) is 0 Å². The maximum absolute atomic E-state index is 11.0. The molecule has 0 fully saturated rings. The normalized spacial score (nSPS) is 11.9. The van der Waals surface area contributed by atoms with Crippen LogP contribution in [0.1, 0.15) is 0 Å². The lowest BCUT2D eigenvalue weighted by atomic mass is 10.3. The molecule has 2 aromatic rings. The molecule has 0 aliphatic carbocycles. The minimum absolute atomic E-state index is 0.00621. The van der Waals surface area contributed by atoms with Crippen molar-refractivity contribution in [1.29, 1.82) is 0 Å². The van der Waals surface area contributed by atoms with Crippen LogP contribution in [0, 0.1) is 0 Å². The third-order valence-corrected chi connectivity index (χ3v) is 3.30. The molecule has 0 bridgehead atoms. The van der Waals surface area contributed by atoms with Gasteiger partial charge in [0.05, 0.1) is 22.1 Å². The van der Waals surface area contributed by atoms with Crippen molar-refractivity contribution >= 4 is 42.4 Å². The highest BCUT2D eigenvalue weighted by Crippen LogP contribution is 2.20. The molecule has 78 valence electrons. The Morgan fingerprint density at radius 1 is 1.20 bits per heavy atom. The molecule has 15 heavy (non-hydrogen) atoms. The second-order valence-electron chi connectivity index (χ2n) is 2.78. The molecule has 1 aromatic carbocycles. The van der Waals surface area contributed by atoms with Crippen molar-refractivity contribution in [1.82, 2.24) is 9.97 Å². The van der Waals surface area contributed by atoms with Gasteiger partial charge in [0.1, 0.15) is 5.15 Å². The van der Waals surface area contributed by atoms with Gasteiger partial charge in [0.25, 0.3) is 9.05 Å². The van der Waals surface area contributed by atoms with Crippen LogP contribution in [0.2, 0.25) is 5.15 Å². The summed E-state index contributed by atoms with van der Waals surface area (Å²) < 4.78 is 22.1. The monoisotopic (exact) mass is 262 g/mol. The summed E-state index contributed by atoms with van der Waals surface area (Å²) in [6.45, 7) is 0. The molecule has 0 N–H and O–H groups in total. The van der Waals surface area contributed by atoms with Crippen molar-refractivity contribution < 1.29 is 8.42 Å². The summed E-state index contributed by atoms with van der Waals surface area (Å²) in [5, 5.41) is 0.254. The standard InChI is InChI=1S/C8H4Cl2N2O2S/c9-8-4-11-7-3-5(15(10,13)14)1-2-6(7)12-8/h1-4H. The van der Waals surface area contributed by atoms with Gasteiger partial charge in [-0.05, 0) is 18.2 Å². The first kappa shape index (κ1) is 10.6. The molecular weight excluding hydrogens is 259 g/mol. The fraction of sp³-hybridized carbons (Fsp3) is 0. The minimum Gasteiger partial charge on any atom is -0.251 e. The van der Waals surface area contributed by atoms with Gasteiger partial charge in [0.15, 0.2) is 0 Å². The lowest BCUT2D eigenvalue weighted by Crippen LogP contribution is -1.92. The Morgan fingerprint density at radius 3 is 2.60 bits per heavy atom. The van der Waals surface area contributed by atoms with Crippen LogP contribution in [0.5, 0.6) is 0 Å². The van der Waals surface area contributed by atoms with Crippen molar-refractivity contribution in [2.75, 3.05) is 0 Å². The molecule has 0 unspecified atom stereocenters. The topological polar surface area (TPSA) is 59.9 Å². The molecule has 0 aliphatic heterocycles. The van der Waals surface area contributed by atoms with Gasteiger partial charge >= 0.3 is 0 Å². The molecule has 0 radical (unpaired) electrons. The number of aromatic nitrogens is 2. The lowest BCUT2D eigenvalue weighted by Gasteiger charge is -1.99. The largest absolute Gasteiger partial charge is 0.261 e. The van der Waals surface area contributed by atoms with Gasteiger partial charge in [-0.2, -0.15) is 0 Å². The van der Waals surface area contributed by atoms with E-state index in [0.29, 0.717) is 11.0 Å². The predicted molar refractivity (Wildman–Crippen MR) is 57.6 cm³/mol. The quantitative estimate of drug-likeness (QED) is 0.740. The van der Waals surface area contributed by atoms with E-state index in [1.54, 1.807) is 0 Å². The third-order valence-electron chi connectivity index (χ3n) is 1.77. The van der Waals surface area contributed by atoms with Crippen molar-refractivity contribution in [2.24, 2.45) is 0 Å². The SMILES string of the molecule is O=S(=O)(Cl)c1ccc2nc(Cl)cnc2c1. The average molecular weight is 263 g/mol.